The minimum Gasteiger partial charge on any atom is -0.491 e. The number of methoxy groups -OCH3 is 1. The number of nitrogens with one attached hydrogen (secondary N) is 1. The van der Waals surface area contributed by atoms with Crippen LogP contribution in [0.3, 0.4) is 0 Å². The number of aromatic carboxylic acids is 1. The molecule has 0 aliphatic heterocycles. The number of nitrogens with zero attached hydrogens (tertiary/aromatic N) is 2. The largest absolute Gasteiger partial charge is 0.491 e. The molecule has 0 radical (unpaired) electrons. The normalized spacial score (nSPS) is 11.7. The molecule has 0 amide bonds. The van der Waals surface area contributed by atoms with Gasteiger partial charge < -0.3 is 19.9 Å². The van der Waals surface area contributed by atoms with Gasteiger partial charge in [-0.3, -0.25) is 4.98 Å². The number of aromatic nitrogens is 2. The summed E-state index contributed by atoms with van der Waals surface area (Å²) < 4.78 is 11.2. The van der Waals surface area contributed by atoms with E-state index in [1.165, 1.54) is 0 Å². The second-order valence-electron chi connectivity index (χ2n) is 6.66. The molecule has 7 nitrogen and oxygen atoms in total. The lowest BCUT2D eigenvalue weighted by atomic mass is 10.0. The molecule has 0 saturated carbocycles. The Morgan fingerprint density at radius 2 is 1.97 bits per heavy atom. The van der Waals surface area contributed by atoms with Crippen LogP contribution in [0, 0.1) is 0 Å². The van der Waals surface area contributed by atoms with Gasteiger partial charge in [0.15, 0.2) is 5.75 Å². The lowest BCUT2D eigenvalue weighted by Gasteiger charge is -2.22. The Morgan fingerprint density at radius 1 is 1.14 bits per heavy atom. The van der Waals surface area contributed by atoms with E-state index in [1.807, 2.05) is 38.1 Å². The van der Waals surface area contributed by atoms with Gasteiger partial charge in [-0.25, -0.2) is 9.78 Å². The highest BCUT2D eigenvalue weighted by Gasteiger charge is 2.20. The van der Waals surface area contributed by atoms with Crippen LogP contribution in [0.1, 0.15) is 41.5 Å². The van der Waals surface area contributed by atoms with Crippen molar-refractivity contribution >= 4 is 11.7 Å². The number of carboxylic acid groups (broad SMARTS) is 1. The number of ether oxygens (including phenoxy) is 2. The van der Waals surface area contributed by atoms with Gasteiger partial charge in [0.2, 0.25) is 0 Å². The summed E-state index contributed by atoms with van der Waals surface area (Å²) in [4.78, 5) is 20.2. The van der Waals surface area contributed by atoms with Gasteiger partial charge in [-0.2, -0.15) is 0 Å². The molecule has 0 bridgehead atoms. The zero-order valence-corrected chi connectivity index (χ0v) is 16.5. The molecule has 150 valence electrons. The number of hydrogen-bond donors (Lipinski definition) is 2. The van der Waals surface area contributed by atoms with Crippen LogP contribution < -0.4 is 14.8 Å². The van der Waals surface area contributed by atoms with Crippen molar-refractivity contribution in [3.63, 3.8) is 0 Å². The molecule has 7 heteroatoms. The molecule has 0 saturated heterocycles. The number of rotatable bonds is 8. The molecule has 0 aliphatic carbocycles. The van der Waals surface area contributed by atoms with Crippen molar-refractivity contribution < 1.29 is 19.4 Å². The zero-order chi connectivity index (χ0) is 20.8. The molecular weight excluding hydrogens is 370 g/mol. The summed E-state index contributed by atoms with van der Waals surface area (Å²) in [6.07, 6.45) is 3.37. The Bertz CT molecular complexity index is 977. The molecule has 2 N–H and O–H groups in total. The molecule has 2 heterocycles. The Hall–Kier alpha value is -3.61. The van der Waals surface area contributed by atoms with E-state index >= 15 is 0 Å². The molecule has 0 spiro atoms. The first kappa shape index (κ1) is 20.1. The Labute approximate surface area is 169 Å². The van der Waals surface area contributed by atoms with E-state index in [1.54, 1.807) is 43.8 Å². The molecule has 1 aromatic carbocycles. The summed E-state index contributed by atoms with van der Waals surface area (Å²) in [5.74, 6) is -0.0444. The van der Waals surface area contributed by atoms with Gasteiger partial charge in [-0.1, -0.05) is 12.1 Å². The van der Waals surface area contributed by atoms with E-state index in [9.17, 15) is 9.90 Å². The van der Waals surface area contributed by atoms with Gasteiger partial charge in [0, 0.05) is 18.1 Å². The van der Waals surface area contributed by atoms with Crippen LogP contribution in [0.15, 0.2) is 60.9 Å². The van der Waals surface area contributed by atoms with Crippen LogP contribution in [0.25, 0.3) is 0 Å². The fraction of sp³-hybridized carbons (Fsp3) is 0.227. The summed E-state index contributed by atoms with van der Waals surface area (Å²) in [5, 5.41) is 12.6. The van der Waals surface area contributed by atoms with Gasteiger partial charge in [0.05, 0.1) is 30.5 Å². The summed E-state index contributed by atoms with van der Waals surface area (Å²) >= 11 is 0. The fourth-order valence-electron chi connectivity index (χ4n) is 2.85. The molecule has 2 aromatic heterocycles. The third kappa shape index (κ3) is 5.01. The van der Waals surface area contributed by atoms with Crippen LogP contribution in [0.2, 0.25) is 0 Å². The second-order valence-corrected chi connectivity index (χ2v) is 6.66. The number of hydrogen-bond acceptors (Lipinski definition) is 6. The average molecular weight is 393 g/mol. The van der Waals surface area contributed by atoms with Gasteiger partial charge in [0.1, 0.15) is 0 Å². The maximum atomic E-state index is 11.3. The smallest absolute Gasteiger partial charge is 0.335 e. The van der Waals surface area contributed by atoms with Crippen LogP contribution in [-0.4, -0.2) is 34.3 Å². The monoisotopic (exact) mass is 393 g/mol. The highest BCUT2D eigenvalue weighted by molar-refractivity contribution is 5.88. The first-order chi connectivity index (χ1) is 14.0. The van der Waals surface area contributed by atoms with Crippen LogP contribution >= 0.6 is 0 Å². The first-order valence-corrected chi connectivity index (χ1v) is 9.19. The number of carbonyl (C=O) groups is 1. The molecule has 0 aliphatic rings. The van der Waals surface area contributed by atoms with E-state index in [-0.39, 0.29) is 17.7 Å². The summed E-state index contributed by atoms with van der Waals surface area (Å²) in [6, 6.07) is 13.7. The van der Waals surface area contributed by atoms with Crippen LogP contribution in [0.5, 0.6) is 11.6 Å². The lowest BCUT2D eigenvalue weighted by Crippen LogP contribution is -2.16. The van der Waals surface area contributed by atoms with Crippen LogP contribution in [0.4, 0.5) is 5.69 Å². The second kappa shape index (κ2) is 9.05. The maximum absolute atomic E-state index is 11.3. The van der Waals surface area contributed by atoms with Crippen molar-refractivity contribution in [1.29, 1.82) is 0 Å². The molecule has 1 unspecified atom stereocenters. The topological polar surface area (TPSA) is 93.6 Å². The van der Waals surface area contributed by atoms with E-state index in [2.05, 4.69) is 15.3 Å². The molecule has 3 rings (SSSR count). The van der Waals surface area contributed by atoms with E-state index in [0.29, 0.717) is 23.0 Å². The fourth-order valence-corrected chi connectivity index (χ4v) is 2.85. The minimum absolute atomic E-state index is 0.0660. The third-order valence-electron chi connectivity index (χ3n) is 4.15. The predicted molar refractivity (Wildman–Crippen MR) is 110 cm³/mol. The predicted octanol–water partition coefficient (Wildman–Crippen LogP) is 4.17. The SMILES string of the molecule is COc1ccc(C(Nc2cccc(C(=O)O)c2)c2cccnc2)nc1OC(C)C. The molecular formula is C22H23N3O4. The highest BCUT2D eigenvalue weighted by Crippen LogP contribution is 2.31. The van der Waals surface area contributed by atoms with E-state index in [4.69, 9.17) is 9.47 Å². The van der Waals surface area contributed by atoms with Gasteiger partial charge in [0.25, 0.3) is 5.88 Å². The molecule has 0 fully saturated rings. The Balaban J connectivity index is 2.03. The highest BCUT2D eigenvalue weighted by atomic mass is 16.5. The summed E-state index contributed by atoms with van der Waals surface area (Å²) in [7, 11) is 1.57. The van der Waals surface area contributed by atoms with Crippen molar-refractivity contribution in [3.8, 4) is 11.6 Å². The van der Waals surface area contributed by atoms with Gasteiger partial charge >= 0.3 is 5.97 Å². The van der Waals surface area contributed by atoms with Gasteiger partial charge in [-0.05, 0) is 55.8 Å². The Morgan fingerprint density at radius 3 is 2.62 bits per heavy atom. The Kier molecular flexibility index (Phi) is 6.29. The third-order valence-corrected chi connectivity index (χ3v) is 4.15. The van der Waals surface area contributed by atoms with Crippen molar-refractivity contribution in [1.82, 2.24) is 9.97 Å². The van der Waals surface area contributed by atoms with Crippen molar-refractivity contribution in [2.24, 2.45) is 0 Å². The molecule has 29 heavy (non-hydrogen) atoms. The number of benzene rings is 1. The van der Waals surface area contributed by atoms with Crippen molar-refractivity contribution in [3.05, 3.63) is 77.7 Å². The lowest BCUT2D eigenvalue weighted by molar-refractivity contribution is 0.0697. The quantitative estimate of drug-likeness (QED) is 0.593. The summed E-state index contributed by atoms with van der Waals surface area (Å²) in [6.45, 7) is 3.84. The molecule has 1 atom stereocenters. The first-order valence-electron chi connectivity index (χ1n) is 9.19. The molecule has 3 aromatic rings. The number of pyridine rings is 2. The van der Waals surface area contributed by atoms with Crippen molar-refractivity contribution in [2.45, 2.75) is 26.0 Å². The van der Waals surface area contributed by atoms with E-state index < -0.39 is 5.97 Å². The average Bonchev–Trinajstić information content (AvgIpc) is 2.72. The standard InChI is InChI=1S/C22H23N3O4/c1-14(2)29-21-19(28-3)10-9-18(25-21)20(16-7-5-11-23-13-16)24-17-8-4-6-15(12-17)22(26)27/h4-14,20,24H,1-3H3,(H,26,27). The zero-order valence-electron chi connectivity index (χ0n) is 16.5. The summed E-state index contributed by atoms with van der Waals surface area (Å²) in [5.41, 5.74) is 2.42. The number of anilines is 1. The van der Waals surface area contributed by atoms with Crippen LogP contribution in [-0.2, 0) is 0 Å². The van der Waals surface area contributed by atoms with Crippen molar-refractivity contribution in [2.75, 3.05) is 12.4 Å². The van der Waals surface area contributed by atoms with Gasteiger partial charge in [-0.15, -0.1) is 0 Å². The minimum atomic E-state index is -0.984. The van der Waals surface area contributed by atoms with E-state index in [0.717, 1.165) is 5.56 Å². The number of carboxylic acids is 1. The maximum Gasteiger partial charge on any atom is 0.335 e.